The minimum atomic E-state index is -8.41. The molecule has 0 saturated heterocycles. The lowest BCUT2D eigenvalue weighted by molar-refractivity contribution is -0.454. The Kier molecular flexibility index (Phi) is 7.41. The molecule has 0 saturated carbocycles. The molecule has 0 atom stereocenters. The molecular formula is C22H13F15N2O2. The SMILES string of the molecule is COc1ccc(-n2c(C(F)(F)C(F)(F)C(F)(F)C(F)(F)C(F)(F)C(F)(F)C(F)(F)F)nc3ccc(OC)cc32)cc1. The Balaban J connectivity index is 2.31. The standard InChI is InChI=1S/C22H13F15N2O2/c1-40-11-5-3-10(4-6-11)39-14-9-12(41-2)7-8-13(14)38-15(39)16(23,24)17(25,26)18(27,28)19(29,30)20(31,32)21(33,34)22(35,36)37/h3-9H,1-2H3. The Hall–Kier alpha value is -3.54. The highest BCUT2D eigenvalue weighted by Crippen LogP contribution is 2.63. The van der Waals surface area contributed by atoms with E-state index >= 15 is 8.78 Å². The van der Waals surface area contributed by atoms with Crippen molar-refractivity contribution in [2.45, 2.75) is 41.7 Å². The molecule has 0 spiro atoms. The molecule has 3 rings (SSSR count). The molecule has 1 heterocycles. The third kappa shape index (κ3) is 4.38. The van der Waals surface area contributed by atoms with Gasteiger partial charge in [-0.1, -0.05) is 0 Å². The van der Waals surface area contributed by atoms with E-state index < -0.39 is 64.3 Å². The molecule has 0 bridgehead atoms. The van der Waals surface area contributed by atoms with Crippen LogP contribution in [0.4, 0.5) is 65.9 Å². The molecule has 41 heavy (non-hydrogen) atoms. The van der Waals surface area contributed by atoms with Crippen LogP contribution in [-0.2, 0) is 5.92 Å². The summed E-state index contributed by atoms with van der Waals surface area (Å²) < 4.78 is 217. The van der Waals surface area contributed by atoms with Gasteiger partial charge in [-0.2, -0.15) is 65.9 Å². The number of hydrogen-bond donors (Lipinski definition) is 0. The molecule has 0 fully saturated rings. The topological polar surface area (TPSA) is 36.3 Å². The normalized spacial score (nSPS) is 14.5. The first-order valence-corrected chi connectivity index (χ1v) is 10.5. The predicted molar refractivity (Wildman–Crippen MR) is 109 cm³/mol. The average Bonchev–Trinajstić information content (AvgIpc) is 3.26. The highest BCUT2D eigenvalue weighted by atomic mass is 19.4. The number of fused-ring (bicyclic) bond motifs is 1. The van der Waals surface area contributed by atoms with Crippen LogP contribution in [0.1, 0.15) is 5.82 Å². The highest BCUT2D eigenvalue weighted by molar-refractivity contribution is 5.80. The molecule has 0 aliphatic rings. The second kappa shape index (κ2) is 9.50. The smallest absolute Gasteiger partial charge is 0.460 e. The largest absolute Gasteiger partial charge is 0.497 e. The number of hydrogen-bond acceptors (Lipinski definition) is 3. The van der Waals surface area contributed by atoms with Gasteiger partial charge in [-0.3, -0.25) is 4.57 Å². The quantitative estimate of drug-likeness (QED) is 0.228. The predicted octanol–water partition coefficient (Wildman–Crippen LogP) is 7.87. The van der Waals surface area contributed by atoms with E-state index in [1.54, 1.807) is 0 Å². The number of ether oxygens (including phenoxy) is 2. The molecule has 4 nitrogen and oxygen atoms in total. The Labute approximate surface area is 218 Å². The summed E-state index contributed by atoms with van der Waals surface area (Å²) in [5.41, 5.74) is -1.92. The molecule has 19 heteroatoms. The van der Waals surface area contributed by atoms with Gasteiger partial charge >= 0.3 is 41.7 Å². The second-order valence-electron chi connectivity index (χ2n) is 8.27. The van der Waals surface area contributed by atoms with E-state index in [1.807, 2.05) is 0 Å². The lowest BCUT2D eigenvalue weighted by Gasteiger charge is -2.41. The Morgan fingerprint density at radius 2 is 1.00 bits per heavy atom. The van der Waals surface area contributed by atoms with Gasteiger partial charge in [0.2, 0.25) is 0 Å². The first-order valence-electron chi connectivity index (χ1n) is 10.5. The molecule has 2 aromatic carbocycles. The fraction of sp³-hybridized carbons (Fsp3) is 0.409. The summed E-state index contributed by atoms with van der Waals surface area (Å²) >= 11 is 0. The van der Waals surface area contributed by atoms with Crippen LogP contribution in [0.15, 0.2) is 42.5 Å². The van der Waals surface area contributed by atoms with Crippen molar-refractivity contribution < 1.29 is 75.3 Å². The molecule has 0 aliphatic carbocycles. The van der Waals surface area contributed by atoms with E-state index in [1.165, 1.54) is 0 Å². The van der Waals surface area contributed by atoms with Crippen LogP contribution >= 0.6 is 0 Å². The van der Waals surface area contributed by atoms with Crippen molar-refractivity contribution >= 4 is 11.0 Å². The molecule has 0 radical (unpaired) electrons. The second-order valence-corrected chi connectivity index (χ2v) is 8.27. The first kappa shape index (κ1) is 32.0. The minimum Gasteiger partial charge on any atom is -0.497 e. The van der Waals surface area contributed by atoms with Gasteiger partial charge in [0.05, 0.1) is 25.3 Å². The lowest BCUT2D eigenvalue weighted by Crippen LogP contribution is -2.72. The van der Waals surface area contributed by atoms with Gasteiger partial charge in [0.15, 0.2) is 5.82 Å². The maximum absolute atomic E-state index is 15.2. The molecule has 1 aromatic heterocycles. The summed E-state index contributed by atoms with van der Waals surface area (Å²) in [6.45, 7) is 0. The van der Waals surface area contributed by atoms with Gasteiger partial charge in [0, 0.05) is 11.8 Å². The number of aromatic nitrogens is 2. The van der Waals surface area contributed by atoms with Crippen LogP contribution in [0.3, 0.4) is 0 Å². The first-order chi connectivity index (χ1) is 18.4. The summed E-state index contributed by atoms with van der Waals surface area (Å²) in [6.07, 6.45) is -7.69. The van der Waals surface area contributed by atoms with Crippen molar-refractivity contribution in [2.24, 2.45) is 0 Å². The van der Waals surface area contributed by atoms with E-state index in [9.17, 15) is 57.1 Å². The Bertz CT molecular complexity index is 1410. The molecule has 0 aliphatic heterocycles. The third-order valence-electron chi connectivity index (χ3n) is 5.80. The van der Waals surface area contributed by atoms with Crippen LogP contribution in [0.2, 0.25) is 0 Å². The molecular weight excluding hydrogens is 609 g/mol. The number of benzene rings is 2. The number of methoxy groups -OCH3 is 2. The maximum atomic E-state index is 15.2. The summed E-state index contributed by atoms with van der Waals surface area (Å²) in [7, 11) is 2.20. The van der Waals surface area contributed by atoms with Crippen molar-refractivity contribution in [1.29, 1.82) is 0 Å². The van der Waals surface area contributed by atoms with Crippen LogP contribution < -0.4 is 9.47 Å². The van der Waals surface area contributed by atoms with Crippen molar-refractivity contribution in [3.8, 4) is 17.2 Å². The van der Waals surface area contributed by atoms with E-state index in [-0.39, 0.29) is 16.1 Å². The number of nitrogens with zero attached hydrogens (tertiary/aromatic N) is 2. The number of imidazole rings is 1. The van der Waals surface area contributed by atoms with Crippen molar-refractivity contribution in [3.05, 3.63) is 48.3 Å². The molecule has 0 N–H and O–H groups in total. The van der Waals surface area contributed by atoms with Gasteiger partial charge in [-0.15, -0.1) is 0 Å². The minimum absolute atomic E-state index is 0.00187. The van der Waals surface area contributed by atoms with E-state index in [0.29, 0.717) is 0 Å². The summed E-state index contributed by atoms with van der Waals surface area (Å²) in [6, 6.07) is 6.46. The van der Waals surface area contributed by atoms with Gasteiger partial charge in [-0.05, 0) is 36.4 Å². The number of rotatable bonds is 9. The highest BCUT2D eigenvalue weighted by Gasteiger charge is 2.93. The maximum Gasteiger partial charge on any atom is 0.460 e. The number of halogens is 15. The molecule has 3 aromatic rings. The Morgan fingerprint density at radius 1 is 0.561 bits per heavy atom. The van der Waals surface area contributed by atoms with Gasteiger partial charge in [0.25, 0.3) is 0 Å². The number of alkyl halides is 15. The fourth-order valence-electron chi connectivity index (χ4n) is 3.49. The van der Waals surface area contributed by atoms with Crippen LogP contribution in [-0.4, -0.2) is 59.6 Å². The van der Waals surface area contributed by atoms with Gasteiger partial charge in [-0.25, -0.2) is 4.98 Å². The fourth-order valence-corrected chi connectivity index (χ4v) is 3.49. The van der Waals surface area contributed by atoms with Gasteiger partial charge in [0.1, 0.15) is 11.5 Å². The van der Waals surface area contributed by atoms with Crippen LogP contribution in [0, 0.1) is 0 Å². The molecule has 228 valence electrons. The van der Waals surface area contributed by atoms with Crippen molar-refractivity contribution in [2.75, 3.05) is 14.2 Å². The van der Waals surface area contributed by atoms with E-state index in [0.717, 1.165) is 56.7 Å². The lowest BCUT2D eigenvalue weighted by atomic mass is 9.90. The summed E-state index contributed by atoms with van der Waals surface area (Å²) in [5, 5.41) is 0. The zero-order valence-corrected chi connectivity index (χ0v) is 19.9. The monoisotopic (exact) mass is 622 g/mol. The van der Waals surface area contributed by atoms with Crippen molar-refractivity contribution in [3.63, 3.8) is 0 Å². The Morgan fingerprint density at radius 3 is 1.46 bits per heavy atom. The summed E-state index contributed by atoms with van der Waals surface area (Å²) in [4.78, 5) is 3.04. The van der Waals surface area contributed by atoms with Gasteiger partial charge < -0.3 is 9.47 Å². The average molecular weight is 622 g/mol. The van der Waals surface area contributed by atoms with Crippen molar-refractivity contribution in [1.82, 2.24) is 9.55 Å². The zero-order valence-electron chi connectivity index (χ0n) is 19.9. The van der Waals surface area contributed by atoms with E-state index in [2.05, 4.69) is 4.98 Å². The molecule has 0 amide bonds. The zero-order chi connectivity index (χ0) is 31.6. The third-order valence-corrected chi connectivity index (χ3v) is 5.80. The van der Waals surface area contributed by atoms with E-state index in [4.69, 9.17) is 9.47 Å². The van der Waals surface area contributed by atoms with Crippen LogP contribution in [0.25, 0.3) is 16.7 Å². The van der Waals surface area contributed by atoms with Crippen LogP contribution in [0.5, 0.6) is 11.5 Å². The molecule has 0 unspecified atom stereocenters. The summed E-state index contributed by atoms with van der Waals surface area (Å²) in [5.74, 6) is -50.2.